The van der Waals surface area contributed by atoms with Crippen LogP contribution in [0.1, 0.15) is 26.6 Å². The maximum Gasteiger partial charge on any atom is 0.253 e. The van der Waals surface area contributed by atoms with Crippen molar-refractivity contribution < 1.29 is 8.78 Å². The van der Waals surface area contributed by atoms with Crippen molar-refractivity contribution in [1.29, 1.82) is 0 Å². The van der Waals surface area contributed by atoms with Crippen LogP contribution in [0.15, 0.2) is 0 Å². The van der Waals surface area contributed by atoms with E-state index in [1.54, 1.807) is 0 Å². The summed E-state index contributed by atoms with van der Waals surface area (Å²) in [5.41, 5.74) is 4.89. The van der Waals surface area contributed by atoms with Gasteiger partial charge in [-0.3, -0.25) is 0 Å². The van der Waals surface area contributed by atoms with E-state index >= 15 is 0 Å². The molecule has 2 N–H and O–H groups in total. The Hall–Kier alpha value is -1.11. The van der Waals surface area contributed by atoms with E-state index in [9.17, 15) is 8.78 Å². The molecule has 1 rings (SSSR count). The van der Waals surface area contributed by atoms with Crippen molar-refractivity contribution in [2.24, 2.45) is 5.73 Å². The third-order valence-electron chi connectivity index (χ3n) is 1.80. The zero-order chi connectivity index (χ0) is 11.6. The summed E-state index contributed by atoms with van der Waals surface area (Å²) in [5, 5.41) is 11.4. The number of aromatic nitrogens is 4. The second-order valence-electron chi connectivity index (χ2n) is 4.37. The highest BCUT2D eigenvalue weighted by Crippen LogP contribution is 2.10. The van der Waals surface area contributed by atoms with Crippen LogP contribution in [0.3, 0.4) is 0 Å². The lowest BCUT2D eigenvalue weighted by Crippen LogP contribution is -2.31. The summed E-state index contributed by atoms with van der Waals surface area (Å²) in [5.74, 6) is 0.248. The largest absolute Gasteiger partial charge is 0.323 e. The number of tetrazole rings is 1. The predicted octanol–water partition coefficient (Wildman–Crippen LogP) is 0.563. The Balaban J connectivity index is 2.69. The fourth-order valence-electron chi connectivity index (χ4n) is 0.909. The number of nitrogens with zero attached hydrogens (tertiary/aromatic N) is 4. The molecule has 0 bridgehead atoms. The highest BCUT2D eigenvalue weighted by molar-refractivity contribution is 4.85. The molecule has 0 aromatic carbocycles. The molecule has 0 saturated carbocycles. The standard InChI is InChI=1S/C8H15F2N5/c1-8(2,3)15-13-6(12-14-15)4-5(11)7(9)10/h5,7H,4,11H2,1-3H3. The van der Waals surface area contributed by atoms with E-state index in [-0.39, 0.29) is 17.8 Å². The Labute approximate surface area is 86.6 Å². The smallest absolute Gasteiger partial charge is 0.253 e. The predicted molar refractivity (Wildman–Crippen MR) is 50.5 cm³/mol. The van der Waals surface area contributed by atoms with Crippen molar-refractivity contribution in [2.75, 3.05) is 0 Å². The van der Waals surface area contributed by atoms with Crippen LogP contribution in [-0.2, 0) is 12.0 Å². The van der Waals surface area contributed by atoms with Gasteiger partial charge < -0.3 is 5.73 Å². The van der Waals surface area contributed by atoms with Gasteiger partial charge in [0.2, 0.25) is 0 Å². The average Bonchev–Trinajstić information content (AvgIpc) is 2.51. The molecule has 15 heavy (non-hydrogen) atoms. The fourth-order valence-corrected chi connectivity index (χ4v) is 0.909. The molecule has 7 heteroatoms. The Morgan fingerprint density at radius 2 is 2.00 bits per heavy atom. The van der Waals surface area contributed by atoms with Crippen LogP contribution >= 0.6 is 0 Å². The molecule has 0 saturated heterocycles. The minimum Gasteiger partial charge on any atom is -0.323 e. The first kappa shape index (κ1) is 12.0. The third kappa shape index (κ3) is 3.19. The number of hydrogen-bond donors (Lipinski definition) is 1. The first-order valence-corrected chi connectivity index (χ1v) is 4.64. The molecule has 1 aromatic heterocycles. The second-order valence-corrected chi connectivity index (χ2v) is 4.37. The molecule has 1 aromatic rings. The van der Waals surface area contributed by atoms with Crippen molar-refractivity contribution in [3.05, 3.63) is 5.82 Å². The van der Waals surface area contributed by atoms with Crippen LogP contribution in [0.5, 0.6) is 0 Å². The fraction of sp³-hybridized carbons (Fsp3) is 0.875. The molecule has 1 unspecified atom stereocenters. The average molecular weight is 219 g/mol. The first-order valence-electron chi connectivity index (χ1n) is 4.64. The van der Waals surface area contributed by atoms with Gasteiger partial charge in [0.05, 0.1) is 11.6 Å². The van der Waals surface area contributed by atoms with Crippen LogP contribution in [0.4, 0.5) is 8.78 Å². The van der Waals surface area contributed by atoms with Crippen LogP contribution in [-0.4, -0.2) is 32.7 Å². The summed E-state index contributed by atoms with van der Waals surface area (Å²) in [7, 11) is 0. The van der Waals surface area contributed by atoms with Gasteiger partial charge in [0, 0.05) is 6.42 Å². The molecule has 5 nitrogen and oxygen atoms in total. The topological polar surface area (TPSA) is 69.6 Å². The van der Waals surface area contributed by atoms with Crippen molar-refractivity contribution in [3.8, 4) is 0 Å². The molecular weight excluding hydrogens is 204 g/mol. The normalized spacial score (nSPS) is 14.6. The zero-order valence-electron chi connectivity index (χ0n) is 8.98. The van der Waals surface area contributed by atoms with E-state index in [0.29, 0.717) is 0 Å². The molecule has 0 aliphatic heterocycles. The van der Waals surface area contributed by atoms with Crippen LogP contribution in [0, 0.1) is 0 Å². The van der Waals surface area contributed by atoms with E-state index in [4.69, 9.17) is 5.73 Å². The molecule has 0 amide bonds. The van der Waals surface area contributed by atoms with E-state index in [1.807, 2.05) is 20.8 Å². The van der Waals surface area contributed by atoms with Crippen molar-refractivity contribution in [1.82, 2.24) is 20.2 Å². The van der Waals surface area contributed by atoms with Crippen LogP contribution in [0.25, 0.3) is 0 Å². The van der Waals surface area contributed by atoms with E-state index in [0.717, 1.165) is 0 Å². The van der Waals surface area contributed by atoms with E-state index < -0.39 is 12.5 Å². The number of rotatable bonds is 3. The third-order valence-corrected chi connectivity index (χ3v) is 1.80. The van der Waals surface area contributed by atoms with Gasteiger partial charge in [0.15, 0.2) is 5.82 Å². The summed E-state index contributed by atoms with van der Waals surface area (Å²) >= 11 is 0. The van der Waals surface area contributed by atoms with Gasteiger partial charge in [-0.25, -0.2) is 8.78 Å². The van der Waals surface area contributed by atoms with Gasteiger partial charge >= 0.3 is 0 Å². The lowest BCUT2D eigenvalue weighted by molar-refractivity contribution is 0.115. The molecule has 0 radical (unpaired) electrons. The molecule has 0 fully saturated rings. The summed E-state index contributed by atoms with van der Waals surface area (Å²) in [6.07, 6.45) is -2.63. The number of halogens is 2. The molecular formula is C8H15F2N5. The Kier molecular flexibility index (Phi) is 3.33. The number of alkyl halides is 2. The molecule has 1 heterocycles. The summed E-state index contributed by atoms with van der Waals surface area (Å²) in [6, 6.07) is -1.23. The minimum absolute atomic E-state index is 0.0618. The van der Waals surface area contributed by atoms with E-state index in [2.05, 4.69) is 15.4 Å². The van der Waals surface area contributed by atoms with Gasteiger partial charge in [-0.15, -0.1) is 10.2 Å². The van der Waals surface area contributed by atoms with Gasteiger partial charge in [-0.2, -0.15) is 4.80 Å². The quantitative estimate of drug-likeness (QED) is 0.806. The maximum atomic E-state index is 12.1. The van der Waals surface area contributed by atoms with Crippen molar-refractivity contribution in [3.63, 3.8) is 0 Å². The summed E-state index contributed by atoms with van der Waals surface area (Å²) in [6.45, 7) is 5.68. The van der Waals surface area contributed by atoms with E-state index in [1.165, 1.54) is 4.80 Å². The van der Waals surface area contributed by atoms with Gasteiger partial charge in [-0.1, -0.05) is 0 Å². The molecule has 86 valence electrons. The Morgan fingerprint density at radius 1 is 1.40 bits per heavy atom. The summed E-state index contributed by atoms with van der Waals surface area (Å²) < 4.78 is 24.3. The Bertz CT molecular complexity index is 317. The maximum absolute atomic E-state index is 12.1. The highest BCUT2D eigenvalue weighted by atomic mass is 19.3. The highest BCUT2D eigenvalue weighted by Gasteiger charge is 2.21. The molecule has 0 aliphatic carbocycles. The molecule has 1 atom stereocenters. The van der Waals surface area contributed by atoms with Crippen molar-refractivity contribution in [2.45, 2.75) is 45.2 Å². The van der Waals surface area contributed by atoms with Gasteiger partial charge in [0.25, 0.3) is 6.43 Å². The lowest BCUT2D eigenvalue weighted by atomic mass is 10.1. The number of hydrogen-bond acceptors (Lipinski definition) is 4. The SMILES string of the molecule is CC(C)(C)n1nnc(CC(N)C(F)F)n1. The lowest BCUT2D eigenvalue weighted by Gasteiger charge is -2.15. The first-order chi connectivity index (χ1) is 6.80. The van der Waals surface area contributed by atoms with Crippen LogP contribution < -0.4 is 5.73 Å². The van der Waals surface area contributed by atoms with Gasteiger partial charge in [-0.05, 0) is 26.0 Å². The molecule has 0 aliphatic rings. The monoisotopic (exact) mass is 219 g/mol. The Morgan fingerprint density at radius 3 is 2.40 bits per heavy atom. The number of nitrogens with two attached hydrogens (primary N) is 1. The van der Waals surface area contributed by atoms with Crippen LogP contribution in [0.2, 0.25) is 0 Å². The van der Waals surface area contributed by atoms with Gasteiger partial charge in [0.1, 0.15) is 0 Å². The van der Waals surface area contributed by atoms with Crippen molar-refractivity contribution >= 4 is 0 Å². The minimum atomic E-state index is -2.56. The second kappa shape index (κ2) is 4.18. The summed E-state index contributed by atoms with van der Waals surface area (Å²) in [4.78, 5) is 1.39. The zero-order valence-corrected chi connectivity index (χ0v) is 8.98. The molecule has 0 spiro atoms.